The highest BCUT2D eigenvalue weighted by Crippen LogP contribution is 2.48. The van der Waals surface area contributed by atoms with Crippen LogP contribution < -0.4 is 10.6 Å². The molecule has 8 heteroatoms. The molecule has 0 spiro atoms. The van der Waals surface area contributed by atoms with Crippen LogP contribution in [0.2, 0.25) is 0 Å². The van der Waals surface area contributed by atoms with Gasteiger partial charge in [0.15, 0.2) is 0 Å². The minimum absolute atomic E-state index is 0.171. The van der Waals surface area contributed by atoms with Crippen LogP contribution >= 0.6 is 0 Å². The molecule has 1 saturated carbocycles. The molecule has 0 radical (unpaired) electrons. The number of alkyl halides is 2. The van der Waals surface area contributed by atoms with Crippen molar-refractivity contribution in [2.45, 2.75) is 57.2 Å². The van der Waals surface area contributed by atoms with Crippen molar-refractivity contribution < 1.29 is 27.8 Å². The Bertz CT molecular complexity index is 451. The molecule has 0 bridgehead atoms. The second kappa shape index (κ2) is 5.98. The molecule has 0 aromatic carbocycles. The molecule has 1 unspecified atom stereocenters. The van der Waals surface area contributed by atoms with Gasteiger partial charge in [0.25, 0.3) is 5.92 Å². The molecule has 2 aliphatic rings. The molecule has 2 amide bonds. The quantitative estimate of drug-likeness (QED) is 0.825. The third kappa shape index (κ3) is 4.53. The maximum absolute atomic E-state index is 12.9. The standard InChI is InChI=1S/C14H22F2N2O4/c1-13(2,3)22-12(20)18-9-4-5-21-7-10(9)17-11(19)8-6-14(8,15)16/h8-10H,4-7H2,1-3H3,(H,17,19)(H,18,20)/t8?,9-,10-/m0/s1. The Kier molecular flexibility index (Phi) is 4.60. The first-order chi connectivity index (χ1) is 10.1. The highest BCUT2D eigenvalue weighted by molar-refractivity contribution is 5.83. The van der Waals surface area contributed by atoms with E-state index in [1.807, 2.05) is 0 Å². The molecule has 0 aromatic heterocycles. The van der Waals surface area contributed by atoms with Crippen LogP contribution in [0.15, 0.2) is 0 Å². The van der Waals surface area contributed by atoms with E-state index in [4.69, 9.17) is 9.47 Å². The fraction of sp³-hybridized carbons (Fsp3) is 0.857. The summed E-state index contributed by atoms with van der Waals surface area (Å²) in [4.78, 5) is 23.6. The second-order valence-corrected chi connectivity index (χ2v) is 6.75. The predicted octanol–water partition coefficient (Wildman–Crippen LogP) is 1.44. The van der Waals surface area contributed by atoms with Gasteiger partial charge in [0.05, 0.1) is 18.7 Å². The average Bonchev–Trinajstić information content (AvgIpc) is 2.98. The summed E-state index contributed by atoms with van der Waals surface area (Å²) in [5, 5.41) is 5.21. The summed E-state index contributed by atoms with van der Waals surface area (Å²) in [6.07, 6.45) is -0.544. The van der Waals surface area contributed by atoms with E-state index < -0.39 is 47.9 Å². The number of hydrogen-bond acceptors (Lipinski definition) is 4. The van der Waals surface area contributed by atoms with Gasteiger partial charge >= 0.3 is 6.09 Å². The van der Waals surface area contributed by atoms with Crippen molar-refractivity contribution in [2.75, 3.05) is 13.2 Å². The number of rotatable bonds is 3. The summed E-state index contributed by atoms with van der Waals surface area (Å²) in [7, 11) is 0. The van der Waals surface area contributed by atoms with Crippen molar-refractivity contribution >= 4 is 12.0 Å². The largest absolute Gasteiger partial charge is 0.444 e. The summed E-state index contributed by atoms with van der Waals surface area (Å²) in [5.41, 5.74) is -0.635. The molecule has 6 nitrogen and oxygen atoms in total. The fourth-order valence-corrected chi connectivity index (χ4v) is 2.29. The number of halogens is 2. The van der Waals surface area contributed by atoms with Crippen LogP contribution in [0.25, 0.3) is 0 Å². The Balaban J connectivity index is 1.88. The van der Waals surface area contributed by atoms with Gasteiger partial charge in [-0.2, -0.15) is 0 Å². The summed E-state index contributed by atoms with van der Waals surface area (Å²) in [5.74, 6) is -4.87. The smallest absolute Gasteiger partial charge is 0.407 e. The normalized spacial score (nSPS) is 30.3. The van der Waals surface area contributed by atoms with E-state index in [0.29, 0.717) is 13.0 Å². The molecule has 1 aliphatic heterocycles. The van der Waals surface area contributed by atoms with E-state index in [1.165, 1.54) is 0 Å². The molecule has 0 aromatic rings. The van der Waals surface area contributed by atoms with Gasteiger partial charge in [0.1, 0.15) is 11.5 Å². The molecular formula is C14H22F2N2O4. The monoisotopic (exact) mass is 320 g/mol. The summed E-state index contributed by atoms with van der Waals surface area (Å²) < 4.78 is 36.2. The summed E-state index contributed by atoms with van der Waals surface area (Å²) in [6.45, 7) is 5.82. The molecule has 2 fully saturated rings. The zero-order valence-corrected chi connectivity index (χ0v) is 12.9. The topological polar surface area (TPSA) is 76.7 Å². The Hall–Kier alpha value is -1.44. The van der Waals surface area contributed by atoms with E-state index in [-0.39, 0.29) is 6.61 Å². The fourth-order valence-electron chi connectivity index (χ4n) is 2.29. The maximum Gasteiger partial charge on any atom is 0.407 e. The zero-order chi connectivity index (χ0) is 16.5. The lowest BCUT2D eigenvalue weighted by atomic mass is 10.0. The SMILES string of the molecule is CC(C)(C)OC(=O)N[C@H]1CCOC[C@@H]1NC(=O)C1CC1(F)F. The molecule has 3 atom stereocenters. The van der Waals surface area contributed by atoms with Crippen molar-refractivity contribution in [2.24, 2.45) is 5.92 Å². The minimum atomic E-state index is -2.91. The lowest BCUT2D eigenvalue weighted by Gasteiger charge is -2.33. The van der Waals surface area contributed by atoms with Gasteiger partial charge in [-0.1, -0.05) is 0 Å². The lowest BCUT2D eigenvalue weighted by molar-refractivity contribution is -0.126. The van der Waals surface area contributed by atoms with Gasteiger partial charge in [-0.05, 0) is 27.2 Å². The number of nitrogens with one attached hydrogen (secondary N) is 2. The van der Waals surface area contributed by atoms with Crippen LogP contribution in [-0.4, -0.2) is 48.8 Å². The van der Waals surface area contributed by atoms with E-state index in [0.717, 1.165) is 0 Å². The second-order valence-electron chi connectivity index (χ2n) is 6.75. The van der Waals surface area contributed by atoms with Crippen LogP contribution in [0.3, 0.4) is 0 Å². The van der Waals surface area contributed by atoms with Crippen molar-refractivity contribution in [1.82, 2.24) is 10.6 Å². The predicted molar refractivity (Wildman–Crippen MR) is 73.6 cm³/mol. The van der Waals surface area contributed by atoms with E-state index in [1.54, 1.807) is 20.8 Å². The first kappa shape index (κ1) is 16.9. The van der Waals surface area contributed by atoms with E-state index in [9.17, 15) is 18.4 Å². The maximum atomic E-state index is 12.9. The number of carbonyl (C=O) groups excluding carboxylic acids is 2. The van der Waals surface area contributed by atoms with Crippen molar-refractivity contribution in [3.63, 3.8) is 0 Å². The zero-order valence-electron chi connectivity index (χ0n) is 12.9. The van der Waals surface area contributed by atoms with Gasteiger partial charge in [0.2, 0.25) is 5.91 Å². The van der Waals surface area contributed by atoms with Gasteiger partial charge in [-0.15, -0.1) is 0 Å². The minimum Gasteiger partial charge on any atom is -0.444 e. The highest BCUT2D eigenvalue weighted by atomic mass is 19.3. The van der Waals surface area contributed by atoms with Crippen LogP contribution in [-0.2, 0) is 14.3 Å². The molecule has 1 aliphatic carbocycles. The molecule has 2 rings (SSSR count). The Morgan fingerprint density at radius 2 is 1.86 bits per heavy atom. The highest BCUT2D eigenvalue weighted by Gasteiger charge is 2.61. The number of carbonyl (C=O) groups is 2. The Morgan fingerprint density at radius 3 is 2.41 bits per heavy atom. The third-order valence-corrected chi connectivity index (χ3v) is 3.53. The molecule has 22 heavy (non-hydrogen) atoms. The summed E-state index contributed by atoms with van der Waals surface area (Å²) in [6, 6.07) is -0.940. The van der Waals surface area contributed by atoms with Gasteiger partial charge in [-0.3, -0.25) is 4.79 Å². The third-order valence-electron chi connectivity index (χ3n) is 3.53. The van der Waals surface area contributed by atoms with Gasteiger partial charge in [-0.25, -0.2) is 13.6 Å². The van der Waals surface area contributed by atoms with Crippen molar-refractivity contribution in [3.8, 4) is 0 Å². The summed E-state index contributed by atoms with van der Waals surface area (Å²) >= 11 is 0. The lowest BCUT2D eigenvalue weighted by Crippen LogP contribution is -2.57. The van der Waals surface area contributed by atoms with Crippen LogP contribution in [0.4, 0.5) is 13.6 Å². The van der Waals surface area contributed by atoms with Crippen LogP contribution in [0.1, 0.15) is 33.6 Å². The number of ether oxygens (including phenoxy) is 2. The van der Waals surface area contributed by atoms with Crippen molar-refractivity contribution in [3.05, 3.63) is 0 Å². The number of hydrogen-bond donors (Lipinski definition) is 2. The van der Waals surface area contributed by atoms with E-state index in [2.05, 4.69) is 10.6 Å². The number of amides is 2. The first-order valence-electron chi connectivity index (χ1n) is 7.34. The van der Waals surface area contributed by atoms with Gasteiger partial charge in [0, 0.05) is 13.0 Å². The molecule has 1 heterocycles. The molecular weight excluding hydrogens is 298 g/mol. The van der Waals surface area contributed by atoms with Crippen molar-refractivity contribution in [1.29, 1.82) is 0 Å². The average molecular weight is 320 g/mol. The first-order valence-corrected chi connectivity index (χ1v) is 7.34. The van der Waals surface area contributed by atoms with Crippen LogP contribution in [0, 0.1) is 5.92 Å². The molecule has 2 N–H and O–H groups in total. The van der Waals surface area contributed by atoms with Gasteiger partial charge < -0.3 is 20.1 Å². The Morgan fingerprint density at radius 1 is 1.23 bits per heavy atom. The van der Waals surface area contributed by atoms with E-state index >= 15 is 0 Å². The number of alkyl carbamates (subject to hydrolysis) is 1. The molecule has 126 valence electrons. The van der Waals surface area contributed by atoms with Crippen LogP contribution in [0.5, 0.6) is 0 Å². The Labute approximate surface area is 127 Å². The molecule has 1 saturated heterocycles.